The Morgan fingerprint density at radius 1 is 1.32 bits per heavy atom. The highest BCUT2D eigenvalue weighted by atomic mass is 16.4. The summed E-state index contributed by atoms with van der Waals surface area (Å²) in [5.41, 5.74) is 0. The molecule has 0 bridgehead atoms. The molecule has 7 nitrogen and oxygen atoms in total. The quantitative estimate of drug-likeness (QED) is 0.751. The molecule has 0 saturated carbocycles. The van der Waals surface area contributed by atoms with E-state index in [1.807, 2.05) is 0 Å². The predicted molar refractivity (Wildman–Crippen MR) is 68.6 cm³/mol. The first-order valence-electron chi connectivity index (χ1n) is 6.39. The Hall–Kier alpha value is -1.79. The van der Waals surface area contributed by atoms with E-state index in [4.69, 9.17) is 5.11 Å². The van der Waals surface area contributed by atoms with Crippen LogP contribution in [0.4, 0.5) is 4.79 Å². The van der Waals surface area contributed by atoms with Crippen LogP contribution >= 0.6 is 0 Å². The van der Waals surface area contributed by atoms with E-state index in [0.29, 0.717) is 25.9 Å². The first kappa shape index (κ1) is 15.3. The number of likely N-dealkylation sites (tertiary alicyclic amines) is 1. The number of carboxylic acid groups (broad SMARTS) is 1. The van der Waals surface area contributed by atoms with E-state index in [2.05, 4.69) is 5.32 Å². The average molecular weight is 271 g/mol. The lowest BCUT2D eigenvalue weighted by atomic mass is 9.96. The van der Waals surface area contributed by atoms with Crippen LogP contribution in [0.3, 0.4) is 0 Å². The van der Waals surface area contributed by atoms with E-state index in [1.54, 1.807) is 19.0 Å². The number of carbonyl (C=O) groups is 3. The molecule has 1 aliphatic rings. The SMILES string of the molecule is CNC(=O)C1CCN(C(=O)N(C)CCC(=O)O)CC1. The lowest BCUT2D eigenvalue weighted by Gasteiger charge is -2.33. The molecule has 0 unspecified atom stereocenters. The van der Waals surface area contributed by atoms with Gasteiger partial charge in [-0.05, 0) is 12.8 Å². The molecule has 108 valence electrons. The second kappa shape index (κ2) is 6.96. The van der Waals surface area contributed by atoms with Gasteiger partial charge in [-0.2, -0.15) is 0 Å². The molecule has 1 heterocycles. The Bertz CT molecular complexity index is 351. The maximum Gasteiger partial charge on any atom is 0.319 e. The third kappa shape index (κ3) is 4.42. The summed E-state index contributed by atoms with van der Waals surface area (Å²) in [6, 6.07) is -0.170. The summed E-state index contributed by atoms with van der Waals surface area (Å²) in [7, 11) is 3.20. The first-order chi connectivity index (χ1) is 8.95. The van der Waals surface area contributed by atoms with Gasteiger partial charge < -0.3 is 20.2 Å². The number of aliphatic carboxylic acids is 1. The minimum atomic E-state index is -0.919. The fourth-order valence-electron chi connectivity index (χ4n) is 2.14. The molecule has 1 rings (SSSR count). The second-order valence-electron chi connectivity index (χ2n) is 4.72. The summed E-state index contributed by atoms with van der Waals surface area (Å²) in [6.45, 7) is 1.27. The molecule has 1 saturated heterocycles. The van der Waals surface area contributed by atoms with E-state index in [0.717, 1.165) is 0 Å². The van der Waals surface area contributed by atoms with E-state index < -0.39 is 5.97 Å². The molecule has 1 aliphatic heterocycles. The molecule has 0 radical (unpaired) electrons. The Morgan fingerprint density at radius 3 is 2.37 bits per heavy atom. The fraction of sp³-hybridized carbons (Fsp3) is 0.750. The molecule has 0 atom stereocenters. The number of carboxylic acids is 1. The van der Waals surface area contributed by atoms with Gasteiger partial charge in [-0.15, -0.1) is 0 Å². The van der Waals surface area contributed by atoms with Crippen molar-refractivity contribution in [3.8, 4) is 0 Å². The standard InChI is InChI=1S/C12H21N3O4/c1-13-11(18)9-3-7-15(8-4-9)12(19)14(2)6-5-10(16)17/h9H,3-8H2,1-2H3,(H,13,18)(H,16,17). The van der Waals surface area contributed by atoms with Crippen LogP contribution < -0.4 is 5.32 Å². The number of urea groups is 1. The molecule has 0 aromatic heterocycles. The number of nitrogens with zero attached hydrogens (tertiary/aromatic N) is 2. The van der Waals surface area contributed by atoms with Gasteiger partial charge >= 0.3 is 12.0 Å². The number of piperidine rings is 1. The Balaban J connectivity index is 2.40. The van der Waals surface area contributed by atoms with Crippen LogP contribution in [-0.4, -0.2) is 66.5 Å². The number of hydrogen-bond acceptors (Lipinski definition) is 3. The smallest absolute Gasteiger partial charge is 0.319 e. The van der Waals surface area contributed by atoms with Crippen LogP contribution in [0.25, 0.3) is 0 Å². The second-order valence-corrected chi connectivity index (χ2v) is 4.72. The first-order valence-corrected chi connectivity index (χ1v) is 6.39. The van der Waals surface area contributed by atoms with Crippen molar-refractivity contribution in [1.29, 1.82) is 0 Å². The monoisotopic (exact) mass is 271 g/mol. The minimum absolute atomic E-state index is 0.0198. The van der Waals surface area contributed by atoms with E-state index in [9.17, 15) is 14.4 Å². The lowest BCUT2D eigenvalue weighted by Crippen LogP contribution is -2.47. The summed E-state index contributed by atoms with van der Waals surface area (Å²) in [5, 5.41) is 11.2. The van der Waals surface area contributed by atoms with E-state index in [1.165, 1.54) is 4.90 Å². The topological polar surface area (TPSA) is 90.0 Å². The maximum atomic E-state index is 12.0. The zero-order chi connectivity index (χ0) is 14.4. The molecular weight excluding hydrogens is 250 g/mol. The summed E-state index contributed by atoms with van der Waals surface area (Å²) in [6.07, 6.45) is 1.24. The normalized spacial score (nSPS) is 16.0. The average Bonchev–Trinajstić information content (AvgIpc) is 2.43. The van der Waals surface area contributed by atoms with Gasteiger partial charge in [-0.1, -0.05) is 0 Å². The molecule has 2 N–H and O–H groups in total. The number of hydrogen-bond donors (Lipinski definition) is 2. The highest BCUT2D eigenvalue weighted by Gasteiger charge is 2.28. The lowest BCUT2D eigenvalue weighted by molar-refractivity contribution is -0.137. The Morgan fingerprint density at radius 2 is 1.89 bits per heavy atom. The molecular formula is C12H21N3O4. The number of rotatable bonds is 4. The molecule has 0 aliphatic carbocycles. The van der Waals surface area contributed by atoms with Gasteiger partial charge in [0.05, 0.1) is 6.42 Å². The van der Waals surface area contributed by atoms with Crippen LogP contribution in [-0.2, 0) is 9.59 Å². The van der Waals surface area contributed by atoms with Crippen molar-refractivity contribution in [1.82, 2.24) is 15.1 Å². The van der Waals surface area contributed by atoms with Gasteiger partial charge in [0, 0.05) is 39.6 Å². The summed E-state index contributed by atoms with van der Waals surface area (Å²) < 4.78 is 0. The van der Waals surface area contributed by atoms with Gasteiger partial charge in [0.2, 0.25) is 5.91 Å². The van der Waals surface area contributed by atoms with Crippen molar-refractivity contribution in [3.05, 3.63) is 0 Å². The van der Waals surface area contributed by atoms with Gasteiger partial charge in [-0.25, -0.2) is 4.79 Å². The van der Waals surface area contributed by atoms with Crippen molar-refractivity contribution in [2.45, 2.75) is 19.3 Å². The Labute approximate surface area is 112 Å². The van der Waals surface area contributed by atoms with Crippen LogP contribution in [0.15, 0.2) is 0 Å². The molecule has 0 spiro atoms. The molecule has 7 heteroatoms. The van der Waals surface area contributed by atoms with Gasteiger partial charge in [0.25, 0.3) is 0 Å². The van der Waals surface area contributed by atoms with Crippen LogP contribution in [0.1, 0.15) is 19.3 Å². The van der Waals surface area contributed by atoms with Crippen LogP contribution in [0.2, 0.25) is 0 Å². The van der Waals surface area contributed by atoms with Crippen molar-refractivity contribution >= 4 is 17.9 Å². The number of nitrogens with one attached hydrogen (secondary N) is 1. The van der Waals surface area contributed by atoms with Gasteiger partial charge in [0.1, 0.15) is 0 Å². The number of carbonyl (C=O) groups excluding carboxylic acids is 2. The third-order valence-electron chi connectivity index (χ3n) is 3.37. The number of amides is 3. The molecule has 0 aromatic rings. The fourth-order valence-corrected chi connectivity index (χ4v) is 2.14. The summed E-state index contributed by atoms with van der Waals surface area (Å²) >= 11 is 0. The van der Waals surface area contributed by atoms with Crippen molar-refractivity contribution in [2.24, 2.45) is 5.92 Å². The highest BCUT2D eigenvalue weighted by Crippen LogP contribution is 2.18. The van der Waals surface area contributed by atoms with Gasteiger partial charge in [-0.3, -0.25) is 9.59 Å². The van der Waals surface area contributed by atoms with Crippen molar-refractivity contribution < 1.29 is 19.5 Å². The zero-order valence-corrected chi connectivity index (χ0v) is 11.4. The predicted octanol–water partition coefficient (Wildman–Crippen LogP) is -0.0291. The Kier molecular flexibility index (Phi) is 5.59. The minimum Gasteiger partial charge on any atom is -0.481 e. The molecule has 0 aromatic carbocycles. The van der Waals surface area contributed by atoms with E-state index >= 15 is 0 Å². The summed E-state index contributed by atoms with van der Waals surface area (Å²) in [4.78, 5) is 37.0. The van der Waals surface area contributed by atoms with Crippen molar-refractivity contribution in [2.75, 3.05) is 33.7 Å². The van der Waals surface area contributed by atoms with Crippen LogP contribution in [0.5, 0.6) is 0 Å². The van der Waals surface area contributed by atoms with E-state index in [-0.39, 0.29) is 30.8 Å². The summed E-state index contributed by atoms with van der Waals surface area (Å²) in [5.74, 6) is -0.928. The highest BCUT2D eigenvalue weighted by molar-refractivity contribution is 5.79. The molecule has 19 heavy (non-hydrogen) atoms. The molecule has 3 amide bonds. The van der Waals surface area contributed by atoms with Gasteiger partial charge in [0.15, 0.2) is 0 Å². The third-order valence-corrected chi connectivity index (χ3v) is 3.37. The maximum absolute atomic E-state index is 12.0. The van der Waals surface area contributed by atoms with Crippen LogP contribution in [0, 0.1) is 5.92 Å². The largest absolute Gasteiger partial charge is 0.481 e. The van der Waals surface area contributed by atoms with Crippen molar-refractivity contribution in [3.63, 3.8) is 0 Å². The zero-order valence-electron chi connectivity index (χ0n) is 11.4. The molecule has 1 fully saturated rings.